The monoisotopic (exact) mass is 176 g/mol. The van der Waals surface area contributed by atoms with Crippen LogP contribution < -0.4 is 5.32 Å². The molecule has 1 heterocycles. The van der Waals surface area contributed by atoms with E-state index in [0.717, 1.165) is 5.75 Å². The fraction of sp³-hybridized carbons (Fsp3) is 0.857. The molecule has 1 aliphatic rings. The molecule has 64 valence electrons. The summed E-state index contributed by atoms with van der Waals surface area (Å²) in [7, 11) is 0. The molecule has 0 spiro atoms. The van der Waals surface area contributed by atoms with Gasteiger partial charge >= 0.3 is 5.97 Å². The maximum absolute atomic E-state index is 11.1. The minimum atomic E-state index is -0.121. The molecule has 0 aromatic carbocycles. The molecule has 1 saturated heterocycles. The van der Waals surface area contributed by atoms with Gasteiger partial charge in [0.15, 0.2) is 0 Å². The van der Waals surface area contributed by atoms with E-state index in [1.807, 2.05) is 13.8 Å². The number of carbonyl (C=O) groups excluding carboxylic acids is 1. The number of rotatable bonds is 2. The minimum absolute atomic E-state index is 0.0880. The van der Waals surface area contributed by atoms with Crippen LogP contribution in [0.2, 0.25) is 0 Å². The molecule has 1 unspecified atom stereocenters. The molecular formula is C7H13NO2S. The van der Waals surface area contributed by atoms with Gasteiger partial charge in [-0.25, -0.2) is 0 Å². The standard InChI is InChI=1S/C7H13NO2S/c1-3-10-7(9)6-4-11-5(2)8-6/h5-6,8H,3-4H2,1-2H3/t5?,6-/m0/s1/i4+1. The third-order valence-corrected chi connectivity index (χ3v) is 2.68. The quantitative estimate of drug-likeness (QED) is 0.494. The van der Waals surface area contributed by atoms with Crippen molar-refractivity contribution in [3.63, 3.8) is 0 Å². The van der Waals surface area contributed by atoms with Crippen molar-refractivity contribution in [1.29, 1.82) is 0 Å². The molecular weight excluding hydrogens is 163 g/mol. The van der Waals surface area contributed by atoms with Crippen LogP contribution in [0.4, 0.5) is 0 Å². The van der Waals surface area contributed by atoms with E-state index in [0.29, 0.717) is 12.0 Å². The van der Waals surface area contributed by atoms with Crippen molar-refractivity contribution in [1.82, 2.24) is 5.32 Å². The highest BCUT2D eigenvalue weighted by molar-refractivity contribution is 8.00. The van der Waals surface area contributed by atoms with Crippen molar-refractivity contribution in [3.8, 4) is 0 Å². The summed E-state index contributed by atoms with van der Waals surface area (Å²) in [5.41, 5.74) is 0. The van der Waals surface area contributed by atoms with E-state index in [1.54, 1.807) is 11.8 Å². The van der Waals surface area contributed by atoms with E-state index in [-0.39, 0.29) is 12.0 Å². The van der Waals surface area contributed by atoms with Crippen LogP contribution in [0.15, 0.2) is 0 Å². The number of hydrogen-bond acceptors (Lipinski definition) is 4. The Morgan fingerprint density at radius 2 is 2.55 bits per heavy atom. The summed E-state index contributed by atoms with van der Waals surface area (Å²) in [5, 5.41) is 3.51. The number of nitrogens with one attached hydrogen (secondary N) is 1. The van der Waals surface area contributed by atoms with Gasteiger partial charge in [-0.1, -0.05) is 0 Å². The number of carbonyl (C=O) groups is 1. The second-order valence-electron chi connectivity index (χ2n) is 2.45. The van der Waals surface area contributed by atoms with Gasteiger partial charge in [0.25, 0.3) is 0 Å². The maximum atomic E-state index is 11.1. The highest BCUT2D eigenvalue weighted by Gasteiger charge is 2.27. The lowest BCUT2D eigenvalue weighted by Gasteiger charge is -2.08. The van der Waals surface area contributed by atoms with Crippen LogP contribution in [-0.2, 0) is 9.53 Å². The maximum Gasteiger partial charge on any atom is 0.324 e. The first-order chi connectivity index (χ1) is 5.24. The summed E-state index contributed by atoms with van der Waals surface area (Å²) in [5.74, 6) is 0.712. The van der Waals surface area contributed by atoms with Gasteiger partial charge in [-0.05, 0) is 13.8 Å². The smallest absolute Gasteiger partial charge is 0.324 e. The lowest BCUT2D eigenvalue weighted by molar-refractivity contribution is -0.144. The van der Waals surface area contributed by atoms with Crippen LogP contribution in [0.3, 0.4) is 0 Å². The summed E-state index contributed by atoms with van der Waals surface area (Å²) >= 11 is 1.75. The van der Waals surface area contributed by atoms with Crippen LogP contribution >= 0.6 is 11.8 Å². The number of thioether (sulfide) groups is 1. The van der Waals surface area contributed by atoms with Crippen molar-refractivity contribution in [3.05, 3.63) is 0 Å². The molecule has 1 fully saturated rings. The van der Waals surface area contributed by atoms with Crippen LogP contribution in [-0.4, -0.2) is 29.7 Å². The second-order valence-corrected chi connectivity index (χ2v) is 3.82. The van der Waals surface area contributed by atoms with Gasteiger partial charge in [0.2, 0.25) is 0 Å². The molecule has 0 amide bonds. The van der Waals surface area contributed by atoms with Crippen molar-refractivity contribution in [2.75, 3.05) is 12.4 Å². The zero-order chi connectivity index (χ0) is 8.27. The van der Waals surface area contributed by atoms with Gasteiger partial charge in [-0.3, -0.25) is 10.1 Å². The minimum Gasteiger partial charge on any atom is -0.465 e. The molecule has 0 aromatic heterocycles. The van der Waals surface area contributed by atoms with Gasteiger partial charge in [-0.15, -0.1) is 11.8 Å². The van der Waals surface area contributed by atoms with Gasteiger partial charge < -0.3 is 4.74 Å². The van der Waals surface area contributed by atoms with Crippen LogP contribution in [0.25, 0.3) is 0 Å². The Labute approximate surface area is 70.9 Å². The average Bonchev–Trinajstić information content (AvgIpc) is 2.36. The zero-order valence-corrected chi connectivity index (χ0v) is 7.61. The van der Waals surface area contributed by atoms with E-state index in [2.05, 4.69) is 5.32 Å². The third kappa shape index (κ3) is 2.38. The molecule has 1 N–H and O–H groups in total. The van der Waals surface area contributed by atoms with Crippen molar-refractivity contribution < 1.29 is 9.53 Å². The zero-order valence-electron chi connectivity index (χ0n) is 6.79. The Balaban J connectivity index is 2.31. The van der Waals surface area contributed by atoms with E-state index in [4.69, 9.17) is 4.74 Å². The van der Waals surface area contributed by atoms with E-state index in [1.165, 1.54) is 0 Å². The topological polar surface area (TPSA) is 38.3 Å². The molecule has 1 aliphatic heterocycles. The molecule has 0 saturated carbocycles. The van der Waals surface area contributed by atoms with Crippen molar-refractivity contribution in [2.24, 2.45) is 0 Å². The van der Waals surface area contributed by atoms with Crippen molar-refractivity contribution in [2.45, 2.75) is 25.3 Å². The fourth-order valence-corrected chi connectivity index (χ4v) is 1.97. The summed E-state index contributed by atoms with van der Waals surface area (Å²) < 4.78 is 4.86. The number of ether oxygens (including phenoxy) is 1. The molecule has 0 bridgehead atoms. The predicted molar refractivity (Wildman–Crippen MR) is 45.5 cm³/mol. The Hall–Kier alpha value is -0.220. The Bertz CT molecular complexity index is 151. The van der Waals surface area contributed by atoms with Gasteiger partial charge in [0.1, 0.15) is 6.04 Å². The lowest BCUT2D eigenvalue weighted by Crippen LogP contribution is -2.37. The van der Waals surface area contributed by atoms with Gasteiger partial charge in [0.05, 0.1) is 12.0 Å². The first-order valence-corrected chi connectivity index (χ1v) is 4.83. The normalized spacial score (nSPS) is 30.4. The molecule has 4 heteroatoms. The second kappa shape index (κ2) is 3.97. The van der Waals surface area contributed by atoms with Crippen LogP contribution in [0.1, 0.15) is 13.8 Å². The van der Waals surface area contributed by atoms with Crippen LogP contribution in [0.5, 0.6) is 0 Å². The number of esters is 1. The van der Waals surface area contributed by atoms with Crippen molar-refractivity contribution >= 4 is 17.7 Å². The molecule has 1 rings (SSSR count). The molecule has 0 aromatic rings. The summed E-state index contributed by atoms with van der Waals surface area (Å²) in [6.45, 7) is 4.34. The molecule has 3 nitrogen and oxygen atoms in total. The Morgan fingerprint density at radius 3 is 3.00 bits per heavy atom. The number of hydrogen-bond donors (Lipinski definition) is 1. The molecule has 11 heavy (non-hydrogen) atoms. The molecule has 2 atom stereocenters. The Morgan fingerprint density at radius 1 is 1.82 bits per heavy atom. The molecule has 0 radical (unpaired) electrons. The van der Waals surface area contributed by atoms with E-state index >= 15 is 0 Å². The van der Waals surface area contributed by atoms with E-state index < -0.39 is 0 Å². The summed E-state index contributed by atoms with van der Waals surface area (Å²) in [4.78, 5) is 11.1. The summed E-state index contributed by atoms with van der Waals surface area (Å²) in [6, 6.07) is -0.0880. The predicted octanol–water partition coefficient (Wildman–Crippen LogP) is 0.600. The van der Waals surface area contributed by atoms with E-state index in [9.17, 15) is 4.79 Å². The molecule has 0 aliphatic carbocycles. The largest absolute Gasteiger partial charge is 0.465 e. The lowest BCUT2D eigenvalue weighted by atomic mass is 10.4. The summed E-state index contributed by atoms with van der Waals surface area (Å²) in [6.07, 6.45) is 0. The highest BCUT2D eigenvalue weighted by Crippen LogP contribution is 2.18. The first kappa shape index (κ1) is 8.87. The fourth-order valence-electron chi connectivity index (χ4n) is 0.999. The van der Waals surface area contributed by atoms with Gasteiger partial charge in [-0.2, -0.15) is 0 Å². The van der Waals surface area contributed by atoms with Gasteiger partial charge in [0, 0.05) is 5.75 Å². The first-order valence-electron chi connectivity index (χ1n) is 3.78. The third-order valence-electron chi connectivity index (χ3n) is 1.52. The SMILES string of the molecule is CCOC(=O)[C@@H]1[13CH2]SC(C)N1. The average molecular weight is 176 g/mol. The van der Waals surface area contributed by atoms with Crippen LogP contribution in [0, 0.1) is 0 Å². The Kier molecular flexibility index (Phi) is 3.20. The highest BCUT2D eigenvalue weighted by atomic mass is 32.2.